The van der Waals surface area contributed by atoms with Gasteiger partial charge in [-0.25, -0.2) is 0 Å². The molecule has 2 rings (SSSR count). The lowest BCUT2D eigenvalue weighted by Crippen LogP contribution is -2.39. The van der Waals surface area contributed by atoms with Crippen molar-refractivity contribution in [2.24, 2.45) is 11.3 Å². The molecule has 0 saturated carbocycles. The molecule has 2 nitrogen and oxygen atoms in total. The topological polar surface area (TPSA) is 35.8 Å². The van der Waals surface area contributed by atoms with Crippen LogP contribution >= 0.6 is 0 Å². The van der Waals surface area contributed by atoms with Gasteiger partial charge in [0, 0.05) is 18.5 Å². The van der Waals surface area contributed by atoms with E-state index >= 15 is 0 Å². The van der Waals surface area contributed by atoms with Gasteiger partial charge >= 0.3 is 0 Å². The van der Waals surface area contributed by atoms with Gasteiger partial charge in [-0.15, -0.1) is 0 Å². The summed E-state index contributed by atoms with van der Waals surface area (Å²) in [5, 5.41) is 13.1. The van der Waals surface area contributed by atoms with E-state index in [4.69, 9.17) is 0 Å². The van der Waals surface area contributed by atoms with E-state index in [1.807, 2.05) is 0 Å². The molecule has 3 unspecified atom stereocenters. The van der Waals surface area contributed by atoms with Crippen molar-refractivity contribution in [3.8, 4) is 6.07 Å². The number of rotatable bonds is 2. The van der Waals surface area contributed by atoms with Gasteiger partial charge in [0.1, 0.15) is 0 Å². The van der Waals surface area contributed by atoms with Crippen molar-refractivity contribution in [1.82, 2.24) is 5.32 Å². The molecule has 0 bridgehead atoms. The summed E-state index contributed by atoms with van der Waals surface area (Å²) in [5.41, 5.74) is 2.79. The van der Waals surface area contributed by atoms with Gasteiger partial charge in [0.05, 0.1) is 12.0 Å². The van der Waals surface area contributed by atoms with Crippen LogP contribution in [0.5, 0.6) is 0 Å². The van der Waals surface area contributed by atoms with Crippen LogP contribution < -0.4 is 5.32 Å². The van der Waals surface area contributed by atoms with Crippen LogP contribution in [0.25, 0.3) is 0 Å². The Hall–Kier alpha value is -1.33. The molecular formula is C17H24N2. The Labute approximate surface area is 116 Å². The average molecular weight is 256 g/mol. The molecule has 19 heavy (non-hydrogen) atoms. The predicted molar refractivity (Wildman–Crippen MR) is 78.9 cm³/mol. The molecule has 0 aliphatic carbocycles. The minimum absolute atomic E-state index is 0.0621. The van der Waals surface area contributed by atoms with Crippen LogP contribution in [0.3, 0.4) is 0 Å². The SMILES string of the molecule is CCc1cccc(C2CNC(C(C)(C)C)C2C#N)c1. The Balaban J connectivity index is 2.28. The number of nitrogens with zero attached hydrogens (tertiary/aromatic N) is 1. The molecule has 0 aromatic heterocycles. The first-order valence-electron chi connectivity index (χ1n) is 7.19. The molecule has 1 aromatic rings. The van der Waals surface area contributed by atoms with Crippen LogP contribution in [0, 0.1) is 22.7 Å². The summed E-state index contributed by atoms with van der Waals surface area (Å²) in [7, 11) is 0. The summed E-state index contributed by atoms with van der Waals surface area (Å²) in [4.78, 5) is 0. The Morgan fingerprint density at radius 1 is 1.37 bits per heavy atom. The van der Waals surface area contributed by atoms with Crippen molar-refractivity contribution >= 4 is 0 Å². The molecule has 0 radical (unpaired) electrons. The predicted octanol–water partition coefficient (Wildman–Crippen LogP) is 3.49. The minimum atomic E-state index is 0.0621. The lowest BCUT2D eigenvalue weighted by molar-refractivity contribution is 0.262. The second kappa shape index (κ2) is 5.35. The average Bonchev–Trinajstić information content (AvgIpc) is 2.82. The third-order valence-corrected chi connectivity index (χ3v) is 4.22. The second-order valence-electron chi connectivity index (χ2n) is 6.61. The molecule has 1 fully saturated rings. The highest BCUT2D eigenvalue weighted by Gasteiger charge is 2.42. The highest BCUT2D eigenvalue weighted by Crippen LogP contribution is 2.38. The summed E-state index contributed by atoms with van der Waals surface area (Å²) in [6.45, 7) is 9.71. The number of hydrogen-bond donors (Lipinski definition) is 1. The van der Waals surface area contributed by atoms with Crippen LogP contribution in [0.1, 0.15) is 44.7 Å². The maximum Gasteiger partial charge on any atom is 0.0702 e. The van der Waals surface area contributed by atoms with Crippen molar-refractivity contribution in [2.75, 3.05) is 6.54 Å². The van der Waals surface area contributed by atoms with E-state index in [0.29, 0.717) is 5.92 Å². The van der Waals surface area contributed by atoms with Crippen molar-refractivity contribution in [3.05, 3.63) is 35.4 Å². The zero-order chi connectivity index (χ0) is 14.0. The Kier molecular flexibility index (Phi) is 3.96. The maximum absolute atomic E-state index is 9.57. The van der Waals surface area contributed by atoms with Crippen molar-refractivity contribution in [1.29, 1.82) is 5.26 Å². The number of benzene rings is 1. The largest absolute Gasteiger partial charge is 0.311 e. The molecule has 0 amide bonds. The first-order valence-corrected chi connectivity index (χ1v) is 7.19. The third kappa shape index (κ3) is 2.82. The second-order valence-corrected chi connectivity index (χ2v) is 6.61. The first kappa shape index (κ1) is 14.1. The van der Waals surface area contributed by atoms with Gasteiger partial charge in [-0.1, -0.05) is 52.0 Å². The fourth-order valence-electron chi connectivity index (χ4n) is 3.12. The monoisotopic (exact) mass is 256 g/mol. The van der Waals surface area contributed by atoms with Gasteiger partial charge in [0.2, 0.25) is 0 Å². The standard InChI is InChI=1S/C17H24N2/c1-5-12-7-6-8-13(9-12)15-11-19-16(14(15)10-18)17(2,3)4/h6-9,14-16,19H,5,11H2,1-4H3. The number of nitrogens with one attached hydrogen (secondary N) is 1. The van der Waals surface area contributed by atoms with Gasteiger partial charge in [-0.3, -0.25) is 0 Å². The number of hydrogen-bond acceptors (Lipinski definition) is 2. The molecule has 3 atom stereocenters. The molecule has 2 heteroatoms. The van der Waals surface area contributed by atoms with Crippen molar-refractivity contribution in [2.45, 2.75) is 46.1 Å². The van der Waals surface area contributed by atoms with E-state index in [1.165, 1.54) is 11.1 Å². The lowest BCUT2D eigenvalue weighted by atomic mass is 9.76. The van der Waals surface area contributed by atoms with Crippen LogP contribution in [-0.4, -0.2) is 12.6 Å². The van der Waals surface area contributed by atoms with Gasteiger partial charge in [-0.2, -0.15) is 5.26 Å². The molecular weight excluding hydrogens is 232 g/mol. The van der Waals surface area contributed by atoms with Crippen LogP contribution in [0.2, 0.25) is 0 Å². The van der Waals surface area contributed by atoms with E-state index in [1.54, 1.807) is 0 Å². The van der Waals surface area contributed by atoms with Crippen LogP contribution in [0.15, 0.2) is 24.3 Å². The van der Waals surface area contributed by atoms with E-state index in [9.17, 15) is 5.26 Å². The van der Waals surface area contributed by atoms with Crippen molar-refractivity contribution < 1.29 is 0 Å². The van der Waals surface area contributed by atoms with Crippen LogP contribution in [-0.2, 0) is 6.42 Å². The maximum atomic E-state index is 9.57. The summed E-state index contributed by atoms with van der Waals surface area (Å²) in [5.74, 6) is 0.382. The van der Waals surface area contributed by atoms with E-state index in [2.05, 4.69) is 63.3 Å². The molecule has 102 valence electrons. The smallest absolute Gasteiger partial charge is 0.0702 e. The highest BCUT2D eigenvalue weighted by molar-refractivity contribution is 5.30. The van der Waals surface area contributed by atoms with Gasteiger partial charge in [0.25, 0.3) is 0 Å². The number of aryl methyl sites for hydroxylation is 1. The Morgan fingerprint density at radius 3 is 2.68 bits per heavy atom. The highest BCUT2D eigenvalue weighted by atomic mass is 15.0. The van der Waals surface area contributed by atoms with Gasteiger partial charge in [0.15, 0.2) is 0 Å². The molecule has 1 aliphatic rings. The molecule has 1 aromatic carbocycles. The van der Waals surface area contributed by atoms with E-state index in [-0.39, 0.29) is 17.4 Å². The van der Waals surface area contributed by atoms with E-state index in [0.717, 1.165) is 13.0 Å². The third-order valence-electron chi connectivity index (χ3n) is 4.22. The fourth-order valence-corrected chi connectivity index (χ4v) is 3.12. The zero-order valence-corrected chi connectivity index (χ0v) is 12.4. The lowest BCUT2D eigenvalue weighted by Gasteiger charge is -2.30. The van der Waals surface area contributed by atoms with E-state index < -0.39 is 0 Å². The summed E-state index contributed by atoms with van der Waals surface area (Å²) >= 11 is 0. The van der Waals surface area contributed by atoms with Crippen molar-refractivity contribution in [3.63, 3.8) is 0 Å². The molecule has 1 N–H and O–H groups in total. The van der Waals surface area contributed by atoms with Gasteiger partial charge in [-0.05, 0) is 23.0 Å². The fraction of sp³-hybridized carbons (Fsp3) is 0.588. The summed E-state index contributed by atoms with van der Waals surface area (Å²) < 4.78 is 0. The molecule has 0 spiro atoms. The summed E-state index contributed by atoms with van der Waals surface area (Å²) in [6.07, 6.45) is 1.05. The first-order chi connectivity index (χ1) is 8.97. The van der Waals surface area contributed by atoms with Crippen LogP contribution in [0.4, 0.5) is 0 Å². The zero-order valence-electron chi connectivity index (χ0n) is 12.4. The Bertz CT molecular complexity index is 479. The molecule has 1 saturated heterocycles. The van der Waals surface area contributed by atoms with Gasteiger partial charge < -0.3 is 5.32 Å². The quantitative estimate of drug-likeness (QED) is 0.879. The number of nitriles is 1. The molecule has 1 aliphatic heterocycles. The summed E-state index contributed by atoms with van der Waals surface area (Å²) in [6, 6.07) is 11.5. The minimum Gasteiger partial charge on any atom is -0.311 e. The Morgan fingerprint density at radius 2 is 2.11 bits per heavy atom. The molecule has 1 heterocycles. The normalized spacial score (nSPS) is 27.2.